The monoisotopic (exact) mass is 461 g/mol. The fourth-order valence-electron chi connectivity index (χ4n) is 5.42. The number of rotatable bonds is 4. The average molecular weight is 462 g/mol. The normalized spacial score (nSPS) is 22.8. The first-order valence-corrected chi connectivity index (χ1v) is 11.9. The number of fused-ring (bicyclic) bond motifs is 1. The minimum Gasteiger partial charge on any atom is -0.272 e. The number of benzene rings is 1. The molecule has 0 unspecified atom stereocenters. The van der Waals surface area contributed by atoms with Gasteiger partial charge in [-0.15, -0.1) is 0 Å². The molecule has 5 rings (SSSR count). The fraction of sp³-hybridized carbons (Fsp3) is 0.462. The van der Waals surface area contributed by atoms with Crippen LogP contribution in [0.3, 0.4) is 0 Å². The van der Waals surface area contributed by atoms with Crippen molar-refractivity contribution in [2.24, 2.45) is 11.8 Å². The SMILES string of the molecule is Cc1nc2c(C)cc(CC3CCC(C(=O)N4OCC[C@H]4c4cc(F)cc(C#N)c4)CC3)cn2n1. The van der Waals surface area contributed by atoms with E-state index < -0.39 is 5.82 Å². The Morgan fingerprint density at radius 2 is 1.97 bits per heavy atom. The second-order valence-electron chi connectivity index (χ2n) is 9.57. The fourth-order valence-corrected chi connectivity index (χ4v) is 5.42. The molecule has 0 bridgehead atoms. The third-order valence-electron chi connectivity index (χ3n) is 7.06. The lowest BCUT2D eigenvalue weighted by molar-refractivity contribution is -0.183. The highest BCUT2D eigenvalue weighted by molar-refractivity contribution is 5.78. The van der Waals surface area contributed by atoms with Crippen LogP contribution in [0.2, 0.25) is 0 Å². The summed E-state index contributed by atoms with van der Waals surface area (Å²) in [7, 11) is 0. The second-order valence-corrected chi connectivity index (χ2v) is 9.57. The van der Waals surface area contributed by atoms with Gasteiger partial charge in [0.25, 0.3) is 0 Å². The summed E-state index contributed by atoms with van der Waals surface area (Å²) in [5.41, 5.74) is 4.13. The number of hydrogen-bond donors (Lipinski definition) is 0. The Hall–Kier alpha value is -3.31. The highest BCUT2D eigenvalue weighted by Gasteiger charge is 2.37. The zero-order valence-corrected chi connectivity index (χ0v) is 19.5. The number of nitriles is 1. The van der Waals surface area contributed by atoms with Crippen LogP contribution in [0, 0.1) is 42.8 Å². The molecule has 1 atom stereocenters. The van der Waals surface area contributed by atoms with Gasteiger partial charge in [-0.25, -0.2) is 19.0 Å². The quantitative estimate of drug-likeness (QED) is 0.567. The van der Waals surface area contributed by atoms with E-state index in [1.807, 2.05) is 17.5 Å². The molecule has 0 N–H and O–H groups in total. The average Bonchev–Trinajstić information content (AvgIpc) is 3.45. The van der Waals surface area contributed by atoms with Crippen molar-refractivity contribution in [1.29, 1.82) is 5.26 Å². The van der Waals surface area contributed by atoms with E-state index >= 15 is 0 Å². The summed E-state index contributed by atoms with van der Waals surface area (Å²) in [4.78, 5) is 23.5. The van der Waals surface area contributed by atoms with Crippen molar-refractivity contribution in [3.05, 3.63) is 64.4 Å². The van der Waals surface area contributed by atoms with E-state index in [1.54, 1.807) is 6.07 Å². The molecular formula is C26H28FN5O2. The molecule has 176 valence electrons. The van der Waals surface area contributed by atoms with Gasteiger partial charge in [0, 0.05) is 18.5 Å². The Morgan fingerprint density at radius 3 is 2.74 bits per heavy atom. The van der Waals surface area contributed by atoms with E-state index in [0.717, 1.165) is 49.1 Å². The molecule has 3 aromatic rings. The second kappa shape index (κ2) is 9.15. The first-order chi connectivity index (χ1) is 16.4. The summed E-state index contributed by atoms with van der Waals surface area (Å²) in [5.74, 6) is 0.691. The molecule has 1 amide bonds. The number of aryl methyl sites for hydroxylation is 2. The van der Waals surface area contributed by atoms with Crippen LogP contribution in [0.25, 0.3) is 5.65 Å². The van der Waals surface area contributed by atoms with E-state index in [2.05, 4.69) is 29.3 Å². The van der Waals surface area contributed by atoms with E-state index in [4.69, 9.17) is 4.84 Å². The molecular weight excluding hydrogens is 433 g/mol. The summed E-state index contributed by atoms with van der Waals surface area (Å²) in [6.45, 7) is 4.37. The molecule has 2 fully saturated rings. The van der Waals surface area contributed by atoms with E-state index in [1.165, 1.54) is 22.8 Å². The number of amides is 1. The number of carbonyl (C=O) groups excluding carboxylic acids is 1. The number of hydrogen-bond acceptors (Lipinski definition) is 5. The van der Waals surface area contributed by atoms with Gasteiger partial charge >= 0.3 is 0 Å². The van der Waals surface area contributed by atoms with Gasteiger partial charge in [0.05, 0.1) is 24.3 Å². The number of halogens is 1. The first kappa shape index (κ1) is 22.5. The topological polar surface area (TPSA) is 83.5 Å². The van der Waals surface area contributed by atoms with Crippen LogP contribution in [0.1, 0.15) is 66.2 Å². The maximum absolute atomic E-state index is 14.0. The third kappa shape index (κ3) is 4.40. The molecule has 34 heavy (non-hydrogen) atoms. The van der Waals surface area contributed by atoms with E-state index in [0.29, 0.717) is 24.5 Å². The molecule has 1 aliphatic carbocycles. The molecule has 7 nitrogen and oxygen atoms in total. The number of pyridine rings is 1. The van der Waals surface area contributed by atoms with Crippen molar-refractivity contribution in [2.45, 2.75) is 58.4 Å². The predicted octanol–water partition coefficient (Wildman–Crippen LogP) is 4.61. The molecule has 1 saturated carbocycles. The smallest absolute Gasteiger partial charge is 0.249 e. The third-order valence-corrected chi connectivity index (χ3v) is 7.06. The summed E-state index contributed by atoms with van der Waals surface area (Å²) in [5, 5.41) is 15.1. The van der Waals surface area contributed by atoms with Gasteiger partial charge in [-0.3, -0.25) is 9.63 Å². The molecule has 1 aromatic carbocycles. The van der Waals surface area contributed by atoms with Crippen LogP contribution >= 0.6 is 0 Å². The standard InChI is InChI=1S/C26H28FN5O2/c1-16-9-20(15-31-25(16)29-17(2)30-31)10-18-3-5-21(6-4-18)26(33)32-24(7-8-34-32)22-11-19(14-28)12-23(27)13-22/h9,11-13,15,18,21,24H,3-8,10H2,1-2H3/t18?,21?,24-/m0/s1. The van der Waals surface area contributed by atoms with Gasteiger partial charge in [-0.2, -0.15) is 10.4 Å². The molecule has 8 heteroatoms. The lowest BCUT2D eigenvalue weighted by Crippen LogP contribution is -2.36. The summed E-state index contributed by atoms with van der Waals surface area (Å²) < 4.78 is 15.8. The predicted molar refractivity (Wildman–Crippen MR) is 123 cm³/mol. The van der Waals surface area contributed by atoms with Crippen molar-refractivity contribution in [3.63, 3.8) is 0 Å². The lowest BCUT2D eigenvalue weighted by atomic mass is 9.79. The summed E-state index contributed by atoms with van der Waals surface area (Å²) >= 11 is 0. The van der Waals surface area contributed by atoms with Crippen LogP contribution in [-0.4, -0.2) is 32.2 Å². The zero-order chi connectivity index (χ0) is 23.8. The van der Waals surface area contributed by atoms with Gasteiger partial charge in [-0.05, 0) is 86.8 Å². The molecule has 1 aliphatic heterocycles. The Balaban J connectivity index is 1.23. The zero-order valence-electron chi connectivity index (χ0n) is 19.5. The molecule has 2 aromatic heterocycles. The van der Waals surface area contributed by atoms with Gasteiger partial charge in [0.2, 0.25) is 5.91 Å². The molecule has 0 radical (unpaired) electrons. The first-order valence-electron chi connectivity index (χ1n) is 11.9. The lowest BCUT2D eigenvalue weighted by Gasteiger charge is -2.32. The van der Waals surface area contributed by atoms with Crippen molar-refractivity contribution >= 4 is 11.6 Å². The van der Waals surface area contributed by atoms with Crippen LogP contribution in [0.4, 0.5) is 4.39 Å². The Morgan fingerprint density at radius 1 is 1.18 bits per heavy atom. The Bertz CT molecular complexity index is 1270. The van der Waals surface area contributed by atoms with Crippen molar-refractivity contribution in [1.82, 2.24) is 19.7 Å². The van der Waals surface area contributed by atoms with Gasteiger partial charge in [0.15, 0.2) is 5.65 Å². The van der Waals surface area contributed by atoms with Gasteiger partial charge in [-0.1, -0.05) is 6.07 Å². The minimum absolute atomic E-state index is 0.0286. The number of aromatic nitrogens is 3. The minimum atomic E-state index is -0.469. The maximum atomic E-state index is 14.0. The number of nitrogens with zero attached hydrogens (tertiary/aromatic N) is 5. The van der Waals surface area contributed by atoms with Crippen LogP contribution in [0.15, 0.2) is 30.5 Å². The van der Waals surface area contributed by atoms with Gasteiger partial charge < -0.3 is 0 Å². The maximum Gasteiger partial charge on any atom is 0.249 e. The van der Waals surface area contributed by atoms with E-state index in [9.17, 15) is 14.4 Å². The Kier molecular flexibility index (Phi) is 6.05. The molecule has 1 saturated heterocycles. The molecule has 3 heterocycles. The highest BCUT2D eigenvalue weighted by atomic mass is 19.1. The van der Waals surface area contributed by atoms with Crippen LogP contribution in [-0.2, 0) is 16.1 Å². The van der Waals surface area contributed by atoms with Crippen molar-refractivity contribution < 1.29 is 14.0 Å². The highest BCUT2D eigenvalue weighted by Crippen LogP contribution is 2.37. The van der Waals surface area contributed by atoms with Gasteiger partial charge in [0.1, 0.15) is 11.6 Å². The number of hydroxylamine groups is 2. The van der Waals surface area contributed by atoms with Crippen molar-refractivity contribution in [3.8, 4) is 6.07 Å². The van der Waals surface area contributed by atoms with Crippen LogP contribution < -0.4 is 0 Å². The largest absolute Gasteiger partial charge is 0.272 e. The summed E-state index contributed by atoms with van der Waals surface area (Å²) in [6.07, 6.45) is 7.19. The number of carbonyl (C=O) groups is 1. The molecule has 2 aliphatic rings. The van der Waals surface area contributed by atoms with E-state index in [-0.39, 0.29) is 23.4 Å². The van der Waals surface area contributed by atoms with Crippen LogP contribution in [0.5, 0.6) is 0 Å². The summed E-state index contributed by atoms with van der Waals surface area (Å²) in [6, 6.07) is 8.07. The van der Waals surface area contributed by atoms with Crippen molar-refractivity contribution in [2.75, 3.05) is 6.61 Å². The Labute approximate surface area is 198 Å². The molecule has 0 spiro atoms.